The van der Waals surface area contributed by atoms with Crippen molar-refractivity contribution < 1.29 is 9.47 Å². The third-order valence-electron chi connectivity index (χ3n) is 5.75. The van der Waals surface area contributed by atoms with E-state index in [0.717, 1.165) is 52.3 Å². The third-order valence-corrected chi connectivity index (χ3v) is 6.03. The van der Waals surface area contributed by atoms with Gasteiger partial charge in [0.15, 0.2) is 0 Å². The van der Waals surface area contributed by atoms with Crippen molar-refractivity contribution in [3.63, 3.8) is 0 Å². The van der Waals surface area contributed by atoms with Crippen LogP contribution in [0.5, 0.6) is 17.2 Å². The predicted molar refractivity (Wildman–Crippen MR) is 119 cm³/mol. The van der Waals surface area contributed by atoms with E-state index in [1.54, 1.807) is 13.4 Å². The first-order chi connectivity index (χ1) is 14.7. The van der Waals surface area contributed by atoms with Gasteiger partial charge in [0.1, 0.15) is 34.4 Å². The average molecular weight is 420 g/mol. The molecule has 5 nitrogen and oxygen atoms in total. The molecule has 0 aliphatic heterocycles. The molecule has 2 aromatic carbocycles. The lowest BCUT2D eigenvalue weighted by atomic mass is 10.1. The summed E-state index contributed by atoms with van der Waals surface area (Å²) in [6.45, 7) is 0. The summed E-state index contributed by atoms with van der Waals surface area (Å²) >= 11 is 6.56. The van der Waals surface area contributed by atoms with Crippen molar-refractivity contribution in [1.29, 1.82) is 0 Å². The first-order valence-electron chi connectivity index (χ1n) is 10.2. The van der Waals surface area contributed by atoms with E-state index < -0.39 is 0 Å². The number of methoxy groups -OCH3 is 1. The number of para-hydroxylation sites is 1. The zero-order valence-corrected chi connectivity index (χ0v) is 17.5. The van der Waals surface area contributed by atoms with Crippen molar-refractivity contribution in [2.24, 2.45) is 0 Å². The molecule has 152 valence electrons. The molecule has 30 heavy (non-hydrogen) atoms. The van der Waals surface area contributed by atoms with Gasteiger partial charge >= 0.3 is 0 Å². The topological polar surface area (TPSA) is 49.2 Å². The maximum absolute atomic E-state index is 6.56. The Morgan fingerprint density at radius 2 is 1.67 bits per heavy atom. The van der Waals surface area contributed by atoms with E-state index in [1.807, 2.05) is 42.5 Å². The second-order valence-electron chi connectivity index (χ2n) is 7.53. The van der Waals surface area contributed by atoms with Gasteiger partial charge in [-0.3, -0.25) is 0 Å². The zero-order chi connectivity index (χ0) is 20.5. The summed E-state index contributed by atoms with van der Waals surface area (Å²) in [5, 5.41) is 1.34. The Kier molecular flexibility index (Phi) is 5.05. The Balaban J connectivity index is 1.62. The lowest BCUT2D eigenvalue weighted by molar-refractivity contribution is 0.413. The van der Waals surface area contributed by atoms with E-state index in [2.05, 4.69) is 26.8 Å². The maximum atomic E-state index is 6.56. The molecule has 0 amide bonds. The van der Waals surface area contributed by atoms with Gasteiger partial charge in [-0.2, -0.15) is 0 Å². The van der Waals surface area contributed by atoms with Crippen molar-refractivity contribution in [1.82, 2.24) is 14.5 Å². The highest BCUT2D eigenvalue weighted by molar-refractivity contribution is 6.35. The Bertz CT molecular complexity index is 1180. The molecule has 2 heterocycles. The summed E-state index contributed by atoms with van der Waals surface area (Å²) < 4.78 is 13.7. The number of nitrogens with zero attached hydrogens (tertiary/aromatic N) is 3. The smallest absolute Gasteiger partial charge is 0.145 e. The Morgan fingerprint density at radius 1 is 0.933 bits per heavy atom. The molecule has 0 unspecified atom stereocenters. The molecule has 5 rings (SSSR count). The van der Waals surface area contributed by atoms with E-state index in [4.69, 9.17) is 21.1 Å². The van der Waals surface area contributed by atoms with Crippen LogP contribution in [0, 0.1) is 0 Å². The standard InChI is InChI=1S/C24H22ClN3O2/c1-29-17-10-12-18(13-11-17)30-21-9-5-4-8-19(21)20-14-28(16-6-2-3-7-16)24-22(20)23(25)26-15-27-24/h4-5,8-16H,2-3,6-7H2,1H3. The van der Waals surface area contributed by atoms with Crippen molar-refractivity contribution in [3.8, 4) is 28.4 Å². The number of fused-ring (bicyclic) bond motifs is 1. The second-order valence-corrected chi connectivity index (χ2v) is 7.88. The van der Waals surface area contributed by atoms with Crippen LogP contribution in [0.3, 0.4) is 0 Å². The summed E-state index contributed by atoms with van der Waals surface area (Å²) in [4.78, 5) is 8.83. The molecular formula is C24H22ClN3O2. The average Bonchev–Trinajstić information content (AvgIpc) is 3.43. The number of benzene rings is 2. The van der Waals surface area contributed by atoms with Crippen LogP contribution in [0.2, 0.25) is 5.15 Å². The van der Waals surface area contributed by atoms with Gasteiger partial charge in [-0.05, 0) is 43.2 Å². The van der Waals surface area contributed by atoms with Gasteiger partial charge in [0.05, 0.1) is 12.5 Å². The fourth-order valence-corrected chi connectivity index (χ4v) is 4.49. The van der Waals surface area contributed by atoms with Crippen molar-refractivity contribution in [2.75, 3.05) is 7.11 Å². The van der Waals surface area contributed by atoms with Crippen molar-refractivity contribution in [2.45, 2.75) is 31.7 Å². The minimum absolute atomic E-state index is 0.446. The van der Waals surface area contributed by atoms with Crippen LogP contribution in [0.15, 0.2) is 61.1 Å². The fourth-order valence-electron chi connectivity index (χ4n) is 4.26. The summed E-state index contributed by atoms with van der Waals surface area (Å²) in [6.07, 6.45) is 8.52. The molecule has 1 saturated carbocycles. The molecule has 1 fully saturated rings. The minimum atomic E-state index is 0.446. The van der Waals surface area contributed by atoms with Gasteiger partial charge < -0.3 is 14.0 Å². The van der Waals surface area contributed by atoms with Crippen LogP contribution >= 0.6 is 11.6 Å². The van der Waals surface area contributed by atoms with Gasteiger partial charge in [0, 0.05) is 23.4 Å². The molecule has 1 aliphatic rings. The van der Waals surface area contributed by atoms with Crippen LogP contribution < -0.4 is 9.47 Å². The number of halogens is 1. The third kappa shape index (κ3) is 3.39. The molecule has 0 spiro atoms. The molecule has 2 aromatic heterocycles. The van der Waals surface area contributed by atoms with Gasteiger partial charge in [-0.15, -0.1) is 0 Å². The number of rotatable bonds is 5. The van der Waals surface area contributed by atoms with Gasteiger partial charge in [-0.25, -0.2) is 9.97 Å². The first kappa shape index (κ1) is 18.9. The largest absolute Gasteiger partial charge is 0.497 e. The van der Waals surface area contributed by atoms with E-state index in [1.165, 1.54) is 12.8 Å². The van der Waals surface area contributed by atoms with Crippen LogP contribution in [-0.2, 0) is 0 Å². The fraction of sp³-hybridized carbons (Fsp3) is 0.250. The predicted octanol–water partition coefficient (Wildman–Crippen LogP) is 6.67. The monoisotopic (exact) mass is 419 g/mol. The SMILES string of the molecule is COc1ccc(Oc2ccccc2-c2cn(C3CCCC3)c3ncnc(Cl)c23)cc1. The Labute approximate surface area is 180 Å². The molecule has 1 aliphatic carbocycles. The number of aromatic nitrogens is 3. The Hall–Kier alpha value is -3.05. The molecule has 6 heteroatoms. The maximum Gasteiger partial charge on any atom is 0.145 e. The van der Waals surface area contributed by atoms with Crippen LogP contribution in [0.1, 0.15) is 31.7 Å². The highest BCUT2D eigenvalue weighted by Gasteiger charge is 2.24. The highest BCUT2D eigenvalue weighted by Crippen LogP contribution is 2.42. The molecule has 0 atom stereocenters. The normalized spacial score (nSPS) is 14.3. The van der Waals surface area contributed by atoms with E-state index in [0.29, 0.717) is 11.2 Å². The van der Waals surface area contributed by atoms with Crippen LogP contribution in [0.25, 0.3) is 22.2 Å². The highest BCUT2D eigenvalue weighted by atomic mass is 35.5. The summed E-state index contributed by atoms with van der Waals surface area (Å²) in [5.41, 5.74) is 2.84. The Morgan fingerprint density at radius 3 is 2.43 bits per heavy atom. The molecule has 0 bridgehead atoms. The molecule has 0 N–H and O–H groups in total. The number of ether oxygens (including phenoxy) is 2. The quantitative estimate of drug-likeness (QED) is 0.339. The van der Waals surface area contributed by atoms with E-state index >= 15 is 0 Å². The van der Waals surface area contributed by atoms with Gasteiger partial charge in [0.2, 0.25) is 0 Å². The summed E-state index contributed by atoms with van der Waals surface area (Å²) in [6, 6.07) is 16.0. The van der Waals surface area contributed by atoms with Gasteiger partial charge in [0.25, 0.3) is 0 Å². The lowest BCUT2D eigenvalue weighted by Gasteiger charge is -2.12. The van der Waals surface area contributed by atoms with Crippen LogP contribution in [0.4, 0.5) is 0 Å². The zero-order valence-electron chi connectivity index (χ0n) is 16.7. The molecule has 0 saturated heterocycles. The van der Waals surface area contributed by atoms with Gasteiger partial charge in [-0.1, -0.05) is 42.6 Å². The first-order valence-corrected chi connectivity index (χ1v) is 10.5. The minimum Gasteiger partial charge on any atom is -0.497 e. The summed E-state index contributed by atoms with van der Waals surface area (Å²) in [5.74, 6) is 2.29. The molecule has 0 radical (unpaired) electrons. The van der Waals surface area contributed by atoms with E-state index in [9.17, 15) is 0 Å². The van der Waals surface area contributed by atoms with E-state index in [-0.39, 0.29) is 0 Å². The van der Waals surface area contributed by atoms with Crippen molar-refractivity contribution in [3.05, 3.63) is 66.2 Å². The van der Waals surface area contributed by atoms with Crippen molar-refractivity contribution >= 4 is 22.6 Å². The lowest BCUT2D eigenvalue weighted by Crippen LogP contribution is -2.03. The number of hydrogen-bond acceptors (Lipinski definition) is 4. The number of hydrogen-bond donors (Lipinski definition) is 0. The molecular weight excluding hydrogens is 398 g/mol. The summed E-state index contributed by atoms with van der Waals surface area (Å²) in [7, 11) is 1.65. The second kappa shape index (κ2) is 8.00. The molecule has 4 aromatic rings. The van der Waals surface area contributed by atoms with Crippen LogP contribution in [-0.4, -0.2) is 21.6 Å².